The summed E-state index contributed by atoms with van der Waals surface area (Å²) >= 11 is 0. The summed E-state index contributed by atoms with van der Waals surface area (Å²) < 4.78 is 5.27. The van der Waals surface area contributed by atoms with E-state index in [2.05, 4.69) is 15.8 Å². The molecule has 3 rings (SSSR count). The average Bonchev–Trinajstić information content (AvgIpc) is 2.70. The fraction of sp³-hybridized carbons (Fsp3) is 0.0526. The highest BCUT2D eigenvalue weighted by atomic mass is 16.5. The summed E-state index contributed by atoms with van der Waals surface area (Å²) in [5.74, 6) is -1.41. The molecule has 2 aromatic carbocycles. The summed E-state index contributed by atoms with van der Waals surface area (Å²) in [5.41, 5.74) is 10.8. The van der Waals surface area contributed by atoms with Crippen LogP contribution in [0.3, 0.4) is 0 Å². The van der Waals surface area contributed by atoms with Crippen molar-refractivity contribution in [3.63, 3.8) is 0 Å². The van der Waals surface area contributed by atoms with Gasteiger partial charge in [-0.05, 0) is 30.3 Å². The van der Waals surface area contributed by atoms with Crippen LogP contribution in [-0.2, 0) is 4.79 Å². The predicted octanol–water partition coefficient (Wildman–Crippen LogP) is 1.17. The van der Waals surface area contributed by atoms with Gasteiger partial charge in [-0.2, -0.15) is 0 Å². The van der Waals surface area contributed by atoms with Crippen molar-refractivity contribution < 1.29 is 19.1 Å². The molecule has 0 bridgehead atoms. The number of carbonyl (C=O) groups is 3. The van der Waals surface area contributed by atoms with E-state index >= 15 is 0 Å². The van der Waals surface area contributed by atoms with Crippen LogP contribution in [0.5, 0.6) is 5.75 Å². The van der Waals surface area contributed by atoms with Gasteiger partial charge < -0.3 is 10.5 Å². The molecule has 0 fully saturated rings. The fourth-order valence-corrected chi connectivity index (χ4v) is 2.31. The van der Waals surface area contributed by atoms with Gasteiger partial charge in [0.1, 0.15) is 11.4 Å². The van der Waals surface area contributed by atoms with Crippen LogP contribution in [0, 0.1) is 0 Å². The number of nitrogens with one attached hydrogen (secondary N) is 2. The van der Waals surface area contributed by atoms with Gasteiger partial charge in [0.05, 0.1) is 5.52 Å². The zero-order valence-corrected chi connectivity index (χ0v) is 14.1. The number of hydrazine groups is 1. The van der Waals surface area contributed by atoms with Gasteiger partial charge in [0, 0.05) is 10.9 Å². The van der Waals surface area contributed by atoms with Crippen LogP contribution in [0.25, 0.3) is 10.9 Å². The maximum absolute atomic E-state index is 12.1. The van der Waals surface area contributed by atoms with Gasteiger partial charge in [-0.15, -0.1) is 0 Å². The van der Waals surface area contributed by atoms with E-state index in [1.165, 1.54) is 12.1 Å². The lowest BCUT2D eigenvalue weighted by atomic mass is 10.2. The number of rotatable bonds is 5. The first-order valence-corrected chi connectivity index (χ1v) is 8.00. The molecular weight excluding hydrogens is 348 g/mol. The number of para-hydroxylation sites is 1. The zero-order valence-electron chi connectivity index (χ0n) is 14.1. The molecule has 0 aliphatic rings. The SMILES string of the molecule is NC(=O)c1cccc(OCC(=O)NNC(=O)c2ccc3ccccc3n2)c1. The molecule has 1 aromatic heterocycles. The summed E-state index contributed by atoms with van der Waals surface area (Å²) in [7, 11) is 0. The number of aromatic nitrogens is 1. The summed E-state index contributed by atoms with van der Waals surface area (Å²) in [6.07, 6.45) is 0. The Morgan fingerprint density at radius 1 is 0.963 bits per heavy atom. The van der Waals surface area contributed by atoms with Gasteiger partial charge in [0.25, 0.3) is 11.8 Å². The molecule has 3 amide bonds. The van der Waals surface area contributed by atoms with Gasteiger partial charge in [-0.3, -0.25) is 25.2 Å². The van der Waals surface area contributed by atoms with Crippen LogP contribution < -0.4 is 21.3 Å². The third-order valence-electron chi connectivity index (χ3n) is 3.63. The first-order valence-electron chi connectivity index (χ1n) is 8.00. The summed E-state index contributed by atoms with van der Waals surface area (Å²) in [6.45, 7) is -0.354. The Morgan fingerprint density at radius 3 is 2.59 bits per heavy atom. The van der Waals surface area contributed by atoms with Crippen molar-refractivity contribution in [3.05, 3.63) is 71.9 Å². The molecule has 0 unspecified atom stereocenters. The highest BCUT2D eigenvalue weighted by Crippen LogP contribution is 2.13. The lowest BCUT2D eigenvalue weighted by Gasteiger charge is -2.09. The van der Waals surface area contributed by atoms with Crippen molar-refractivity contribution in [1.82, 2.24) is 15.8 Å². The Bertz CT molecular complexity index is 1020. The Balaban J connectivity index is 1.53. The molecular formula is C19H16N4O4. The largest absolute Gasteiger partial charge is 0.484 e. The summed E-state index contributed by atoms with van der Waals surface area (Å²) in [6, 6.07) is 16.8. The molecule has 27 heavy (non-hydrogen) atoms. The molecule has 0 saturated heterocycles. The predicted molar refractivity (Wildman–Crippen MR) is 97.8 cm³/mol. The number of ether oxygens (including phenoxy) is 1. The van der Waals surface area contributed by atoms with Gasteiger partial charge >= 0.3 is 0 Å². The molecule has 0 spiro atoms. The minimum atomic E-state index is -0.597. The lowest BCUT2D eigenvalue weighted by molar-refractivity contribution is -0.123. The van der Waals surface area contributed by atoms with Crippen LogP contribution in [-0.4, -0.2) is 29.3 Å². The smallest absolute Gasteiger partial charge is 0.288 e. The molecule has 0 aliphatic carbocycles. The van der Waals surface area contributed by atoms with Crippen molar-refractivity contribution in [2.24, 2.45) is 5.73 Å². The first-order chi connectivity index (χ1) is 13.0. The van der Waals surface area contributed by atoms with E-state index in [0.717, 1.165) is 5.39 Å². The Labute approximate surface area is 154 Å². The Morgan fingerprint density at radius 2 is 1.78 bits per heavy atom. The molecule has 8 nitrogen and oxygen atoms in total. The van der Waals surface area contributed by atoms with E-state index in [0.29, 0.717) is 11.3 Å². The molecule has 0 atom stereocenters. The van der Waals surface area contributed by atoms with Gasteiger partial charge in [-0.1, -0.05) is 30.3 Å². The third kappa shape index (κ3) is 4.57. The standard InChI is InChI=1S/C19H16N4O4/c20-18(25)13-5-3-6-14(10-13)27-11-17(24)22-23-19(26)16-9-8-12-4-1-2-7-15(12)21-16/h1-10H,11H2,(H2,20,25)(H,22,24)(H,23,26). The summed E-state index contributed by atoms with van der Waals surface area (Å²) in [4.78, 5) is 39.3. The van der Waals surface area contributed by atoms with E-state index in [1.807, 2.05) is 18.2 Å². The number of hydrogen-bond donors (Lipinski definition) is 3. The number of primary amides is 1. The number of pyridine rings is 1. The first kappa shape index (κ1) is 17.9. The number of nitrogens with zero attached hydrogens (tertiary/aromatic N) is 1. The van der Waals surface area contributed by atoms with Crippen LogP contribution in [0.2, 0.25) is 0 Å². The quantitative estimate of drug-likeness (QED) is 0.587. The maximum atomic E-state index is 12.1. The minimum Gasteiger partial charge on any atom is -0.484 e. The molecule has 4 N–H and O–H groups in total. The normalized spacial score (nSPS) is 10.2. The van der Waals surface area contributed by atoms with E-state index in [-0.39, 0.29) is 17.9 Å². The van der Waals surface area contributed by atoms with Crippen molar-refractivity contribution in [1.29, 1.82) is 0 Å². The second-order valence-electron chi connectivity index (χ2n) is 5.57. The number of amides is 3. The number of carbonyl (C=O) groups excluding carboxylic acids is 3. The monoisotopic (exact) mass is 364 g/mol. The topological polar surface area (TPSA) is 123 Å². The van der Waals surface area contributed by atoms with Crippen LogP contribution >= 0.6 is 0 Å². The second kappa shape index (κ2) is 7.96. The number of hydrogen-bond acceptors (Lipinski definition) is 5. The van der Waals surface area contributed by atoms with Crippen LogP contribution in [0.1, 0.15) is 20.8 Å². The fourth-order valence-electron chi connectivity index (χ4n) is 2.31. The van der Waals surface area contributed by atoms with E-state index in [4.69, 9.17) is 10.5 Å². The van der Waals surface area contributed by atoms with Crippen molar-refractivity contribution in [2.45, 2.75) is 0 Å². The molecule has 1 heterocycles. The maximum Gasteiger partial charge on any atom is 0.288 e. The van der Waals surface area contributed by atoms with Gasteiger partial charge in [0.2, 0.25) is 5.91 Å². The average molecular weight is 364 g/mol. The van der Waals surface area contributed by atoms with Gasteiger partial charge in [-0.25, -0.2) is 4.98 Å². The third-order valence-corrected chi connectivity index (χ3v) is 3.63. The lowest BCUT2D eigenvalue weighted by Crippen LogP contribution is -2.44. The van der Waals surface area contributed by atoms with Crippen molar-refractivity contribution in [3.8, 4) is 5.75 Å². The van der Waals surface area contributed by atoms with Crippen molar-refractivity contribution in [2.75, 3.05) is 6.61 Å². The number of fused-ring (bicyclic) bond motifs is 1. The van der Waals surface area contributed by atoms with E-state index < -0.39 is 17.7 Å². The molecule has 0 saturated carbocycles. The zero-order chi connectivity index (χ0) is 19.2. The number of benzene rings is 2. The van der Waals surface area contributed by atoms with E-state index in [9.17, 15) is 14.4 Å². The van der Waals surface area contributed by atoms with Crippen molar-refractivity contribution >= 4 is 28.6 Å². The van der Waals surface area contributed by atoms with Crippen LogP contribution in [0.15, 0.2) is 60.7 Å². The summed E-state index contributed by atoms with van der Waals surface area (Å²) in [5, 5.41) is 0.907. The highest BCUT2D eigenvalue weighted by molar-refractivity contribution is 5.96. The Hall–Kier alpha value is -3.94. The minimum absolute atomic E-state index is 0.170. The molecule has 0 radical (unpaired) electrons. The molecule has 0 aliphatic heterocycles. The molecule has 8 heteroatoms. The molecule has 136 valence electrons. The van der Waals surface area contributed by atoms with Crippen LogP contribution in [0.4, 0.5) is 0 Å². The Kier molecular flexibility index (Phi) is 5.27. The highest BCUT2D eigenvalue weighted by Gasteiger charge is 2.10. The second-order valence-corrected chi connectivity index (χ2v) is 5.57. The molecule has 3 aromatic rings. The van der Waals surface area contributed by atoms with Gasteiger partial charge in [0.15, 0.2) is 6.61 Å². The number of nitrogens with two attached hydrogens (primary N) is 1. The van der Waals surface area contributed by atoms with E-state index in [1.54, 1.807) is 30.3 Å².